The van der Waals surface area contributed by atoms with Crippen molar-refractivity contribution in [3.8, 4) is 23.0 Å². The lowest BCUT2D eigenvalue weighted by molar-refractivity contribution is 0.108. The highest BCUT2D eigenvalue weighted by Gasteiger charge is 2.24. The van der Waals surface area contributed by atoms with Gasteiger partial charge < -0.3 is 47.7 Å². The molecule has 0 atom stereocenters. The maximum atomic E-state index is 6.88. The Hall–Kier alpha value is -3.60. The number of hydrogen-bond donors (Lipinski definition) is 2. The summed E-state index contributed by atoms with van der Waals surface area (Å²) < 4.78 is 52.0. The summed E-state index contributed by atoms with van der Waals surface area (Å²) in [5.74, 6) is 3.31. The Morgan fingerprint density at radius 1 is 0.429 bits per heavy atom. The van der Waals surface area contributed by atoms with E-state index in [1.807, 2.05) is 27.7 Å². The molecule has 0 fully saturated rings. The van der Waals surface area contributed by atoms with Gasteiger partial charge in [-0.05, 0) is 120 Å². The van der Waals surface area contributed by atoms with E-state index in [1.165, 1.54) is 0 Å². The number of unbranched alkanes of at least 4 members (excludes halogenated alkanes) is 2. The summed E-state index contributed by atoms with van der Waals surface area (Å²) in [5.41, 5.74) is 10.5. The second kappa shape index (κ2) is 31.8. The molecule has 4 aromatic carbocycles. The summed E-state index contributed by atoms with van der Waals surface area (Å²) in [7, 11) is 0. The molecule has 0 heterocycles. The largest absolute Gasteiger partial charge is 0.491 e. The van der Waals surface area contributed by atoms with Gasteiger partial charge in [0.05, 0.1) is 26.4 Å². The molecule has 14 heteroatoms. The first-order valence-corrected chi connectivity index (χ1v) is 27.1. The van der Waals surface area contributed by atoms with Gasteiger partial charge in [0.25, 0.3) is 0 Å². The molecule has 70 heavy (non-hydrogen) atoms. The number of para-hydroxylation sites is 2. The zero-order valence-electron chi connectivity index (χ0n) is 42.6. The molecule has 1 aliphatic carbocycles. The molecule has 0 radical (unpaired) electrons. The lowest BCUT2D eigenvalue weighted by atomic mass is 9.89. The third-order valence-corrected chi connectivity index (χ3v) is 13.1. The summed E-state index contributed by atoms with van der Waals surface area (Å²) in [4.78, 5) is 4.36. The highest BCUT2D eigenvalue weighted by atomic mass is 32.1. The van der Waals surface area contributed by atoms with Crippen molar-refractivity contribution < 1.29 is 37.9 Å². The fraction of sp³-hybridized carbons (Fsp3) is 0.536. The molecular weight excluding hydrogens is 957 g/mol. The predicted octanol–water partition coefficient (Wildman–Crippen LogP) is 11.7. The van der Waals surface area contributed by atoms with Crippen LogP contribution in [-0.2, 0) is 57.7 Å². The van der Waals surface area contributed by atoms with Crippen LogP contribution >= 0.6 is 49.7 Å². The lowest BCUT2D eigenvalue weighted by Gasteiger charge is -2.26. The van der Waals surface area contributed by atoms with Gasteiger partial charge in [0, 0.05) is 78.3 Å². The van der Waals surface area contributed by atoms with Crippen LogP contribution in [-0.4, -0.2) is 111 Å². The van der Waals surface area contributed by atoms with Gasteiger partial charge in [-0.15, -0.1) is 25.3 Å². The molecule has 10 nitrogen and oxygen atoms in total. The third-order valence-electron chi connectivity index (χ3n) is 12.0. The smallest absolute Gasteiger partial charge is 0.133 e. The normalized spacial score (nSPS) is 12.1. The Morgan fingerprint density at radius 3 is 0.943 bits per heavy atom. The quantitative estimate of drug-likeness (QED) is 0.0261. The summed E-state index contributed by atoms with van der Waals surface area (Å²) in [5, 5.41) is 0. The average Bonchev–Trinajstić information content (AvgIpc) is 3.34. The molecule has 5 rings (SSSR count). The summed E-state index contributed by atoms with van der Waals surface area (Å²) in [6, 6.07) is 22.1. The monoisotopic (exact) mass is 1030 g/mol. The first-order chi connectivity index (χ1) is 34.1. The molecule has 1 aliphatic rings. The van der Waals surface area contributed by atoms with Gasteiger partial charge in [-0.1, -0.05) is 87.5 Å². The maximum absolute atomic E-state index is 6.88. The number of ether oxygens (including phenoxy) is 8. The van der Waals surface area contributed by atoms with Gasteiger partial charge in [0.2, 0.25) is 0 Å². The second-order valence-electron chi connectivity index (χ2n) is 17.3. The van der Waals surface area contributed by atoms with Crippen molar-refractivity contribution in [2.75, 3.05) is 92.4 Å². The highest BCUT2D eigenvalue weighted by molar-refractivity contribution is 8.11. The molecule has 0 spiro atoms. The zero-order chi connectivity index (χ0) is 50.1. The fourth-order valence-corrected chi connectivity index (χ4v) is 9.42. The standard InChI is InChI=1S/C56H78N2O8S4/c1-7-13-21-57(55(67)68)39-41-31-47-35-43-17-15-19-45(51(43)63-27-23-59-9-3)37-49-33-42(40-58(56(69)70)22-14-8-2)34-50(54(49)66-30-26-62-12-6)38-46-20-16-18-44(52(46)64-28-24-60-10-4)36-48(32-41)53(47)65-29-25-61-11-5/h15-20,31-34H,7-14,21-30,35-40H2,1-6H3,(H,67,68)(H,69,70). The highest BCUT2D eigenvalue weighted by Crippen LogP contribution is 2.40. The lowest BCUT2D eigenvalue weighted by Crippen LogP contribution is -2.27. The van der Waals surface area contributed by atoms with E-state index in [0.717, 1.165) is 117 Å². The Kier molecular flexibility index (Phi) is 26.0. The number of thiol groups is 2. The van der Waals surface area contributed by atoms with Crippen LogP contribution in [0.4, 0.5) is 0 Å². The van der Waals surface area contributed by atoms with Gasteiger partial charge in [-0.2, -0.15) is 0 Å². The molecular formula is C56H78N2O8S4. The summed E-state index contributed by atoms with van der Waals surface area (Å²) in [6.45, 7) is 21.1. The molecule has 0 aliphatic heterocycles. The number of fused-ring (bicyclic) bond motifs is 8. The Labute approximate surface area is 441 Å². The average molecular weight is 1040 g/mol. The molecule has 0 unspecified atom stereocenters. The van der Waals surface area contributed by atoms with Gasteiger partial charge in [0.1, 0.15) is 58.1 Å². The molecule has 0 saturated carbocycles. The predicted molar refractivity (Wildman–Crippen MR) is 299 cm³/mol. The van der Waals surface area contributed by atoms with Crippen molar-refractivity contribution in [2.24, 2.45) is 0 Å². The van der Waals surface area contributed by atoms with E-state index >= 15 is 0 Å². The minimum absolute atomic E-state index is 0.391. The fourth-order valence-electron chi connectivity index (χ4n) is 8.77. The van der Waals surface area contributed by atoms with Crippen molar-refractivity contribution in [2.45, 2.75) is 106 Å². The Balaban J connectivity index is 1.84. The van der Waals surface area contributed by atoms with Crippen LogP contribution in [0.3, 0.4) is 0 Å². The van der Waals surface area contributed by atoms with E-state index in [-0.39, 0.29) is 0 Å². The van der Waals surface area contributed by atoms with E-state index in [1.54, 1.807) is 0 Å². The molecule has 0 aromatic heterocycles. The number of rotatable bonds is 30. The van der Waals surface area contributed by atoms with E-state index in [9.17, 15) is 0 Å². The van der Waals surface area contributed by atoms with Crippen LogP contribution in [0.5, 0.6) is 23.0 Å². The Morgan fingerprint density at radius 2 is 0.700 bits per heavy atom. The first kappa shape index (κ1) is 57.3. The Bertz CT molecular complexity index is 2000. The van der Waals surface area contributed by atoms with Crippen LogP contribution < -0.4 is 18.9 Å². The second-order valence-corrected chi connectivity index (χ2v) is 19.5. The van der Waals surface area contributed by atoms with Crippen LogP contribution in [0, 0.1) is 0 Å². The number of thiocarbonyl (C=S) groups is 2. The molecule has 4 aromatic rings. The minimum atomic E-state index is 0.391. The maximum Gasteiger partial charge on any atom is 0.133 e. The number of nitrogens with zero attached hydrogens (tertiary/aromatic N) is 2. The molecule has 0 amide bonds. The minimum Gasteiger partial charge on any atom is -0.491 e. The zero-order valence-corrected chi connectivity index (χ0v) is 46.0. The summed E-state index contributed by atoms with van der Waals surface area (Å²) in [6.07, 6.45) is 6.26. The van der Waals surface area contributed by atoms with E-state index in [4.69, 9.17) is 87.6 Å². The SMILES string of the molecule is CCCCN(Cc1cc2c(OCCOCC)c(c1)Cc1cccc(c1OCCOCC)Cc1cc(CN(CCCC)C(=S)S)cc(c1OCCOCC)Cc1cccc(c1OCCOCC)C2)C(=S)S. The van der Waals surface area contributed by atoms with Crippen LogP contribution in [0.2, 0.25) is 0 Å². The van der Waals surface area contributed by atoms with E-state index in [2.05, 4.69) is 84.3 Å². The van der Waals surface area contributed by atoms with Crippen molar-refractivity contribution >= 4 is 58.3 Å². The van der Waals surface area contributed by atoms with Gasteiger partial charge in [-0.3, -0.25) is 0 Å². The van der Waals surface area contributed by atoms with Gasteiger partial charge in [-0.25, -0.2) is 0 Å². The first-order valence-electron chi connectivity index (χ1n) is 25.4. The summed E-state index contributed by atoms with van der Waals surface area (Å²) >= 11 is 20.9. The van der Waals surface area contributed by atoms with Crippen molar-refractivity contribution in [1.29, 1.82) is 0 Å². The van der Waals surface area contributed by atoms with Gasteiger partial charge >= 0.3 is 0 Å². The van der Waals surface area contributed by atoms with Crippen molar-refractivity contribution in [1.82, 2.24) is 9.80 Å². The van der Waals surface area contributed by atoms with Crippen molar-refractivity contribution in [3.63, 3.8) is 0 Å². The van der Waals surface area contributed by atoms with Crippen LogP contribution in [0.25, 0.3) is 0 Å². The van der Waals surface area contributed by atoms with E-state index in [0.29, 0.717) is 127 Å². The van der Waals surface area contributed by atoms with Gasteiger partial charge in [0.15, 0.2) is 0 Å². The molecule has 384 valence electrons. The van der Waals surface area contributed by atoms with Crippen LogP contribution in [0.1, 0.15) is 123 Å². The van der Waals surface area contributed by atoms with Crippen LogP contribution in [0.15, 0.2) is 60.7 Å². The molecule has 0 saturated heterocycles. The number of hydrogen-bond acceptors (Lipinski definition) is 10. The van der Waals surface area contributed by atoms with E-state index < -0.39 is 0 Å². The molecule has 0 N–H and O–H groups in total. The molecule has 8 bridgehead atoms. The third kappa shape index (κ3) is 17.9. The topological polar surface area (TPSA) is 80.3 Å². The van der Waals surface area contributed by atoms with Crippen molar-refractivity contribution in [3.05, 3.63) is 116 Å². The number of benzene rings is 4.